The van der Waals surface area contributed by atoms with Crippen LogP contribution in [0.2, 0.25) is 0 Å². The summed E-state index contributed by atoms with van der Waals surface area (Å²) in [6, 6.07) is 60.7. The molecule has 8 aromatic carbocycles. The lowest BCUT2D eigenvalue weighted by Gasteiger charge is -2.21. The van der Waals surface area contributed by atoms with Gasteiger partial charge in [0.05, 0.1) is 22.3 Å². The molecule has 0 fully saturated rings. The first-order valence-electron chi connectivity index (χ1n) is 29.6. The van der Waals surface area contributed by atoms with E-state index in [-0.39, 0.29) is 21.7 Å². The molecule has 8 aliphatic rings. The molecule has 0 amide bonds. The van der Waals surface area contributed by atoms with Crippen molar-refractivity contribution in [3.05, 3.63) is 239 Å². The van der Waals surface area contributed by atoms with Gasteiger partial charge < -0.3 is 18.9 Å². The fraction of sp³-hybridized carbons (Fsp3) is 0.211. The number of hydrogen-bond acceptors (Lipinski definition) is 4. The number of aromatic nitrogens is 4. The zero-order chi connectivity index (χ0) is 56.8. The van der Waals surface area contributed by atoms with E-state index in [0.717, 1.165) is 23.0 Å². The quantitative estimate of drug-likeness (QED) is 0.112. The highest BCUT2D eigenvalue weighted by molar-refractivity contribution is 6.03. The predicted molar refractivity (Wildman–Crippen MR) is 329 cm³/mol. The van der Waals surface area contributed by atoms with Crippen LogP contribution in [0.4, 0.5) is 0 Å². The predicted octanol–water partition coefficient (Wildman–Crippen LogP) is 15.1. The van der Waals surface area contributed by atoms with Gasteiger partial charge in [-0.25, -0.2) is 0 Å². The summed E-state index contributed by atoms with van der Waals surface area (Å²) in [4.78, 5) is 0. The fourth-order valence-electron chi connectivity index (χ4n) is 16.0. The summed E-state index contributed by atoms with van der Waals surface area (Å²) in [6.45, 7) is 20.9. The molecule has 4 aliphatic heterocycles. The van der Waals surface area contributed by atoms with Crippen molar-refractivity contribution in [2.75, 3.05) is 0 Å². The number of hydrogen-bond donors (Lipinski definition) is 0. The number of pyridine rings is 4. The summed E-state index contributed by atoms with van der Waals surface area (Å²) < 4.78 is 32.8. The normalized spacial score (nSPS) is 16.7. The van der Waals surface area contributed by atoms with Crippen LogP contribution in [0, 0.1) is 0 Å². The number of benzene rings is 8. The van der Waals surface area contributed by atoms with Gasteiger partial charge in [0.1, 0.15) is 23.0 Å². The van der Waals surface area contributed by atoms with Crippen molar-refractivity contribution in [2.45, 2.75) is 104 Å². The molecular weight excluding hydrogens is 1030 g/mol. The Morgan fingerprint density at radius 1 is 0.286 bits per heavy atom. The molecule has 0 saturated carbocycles. The van der Waals surface area contributed by atoms with Gasteiger partial charge in [-0.15, -0.1) is 0 Å². The average Bonchev–Trinajstić information content (AvgIpc) is 1.74. The van der Waals surface area contributed by atoms with Gasteiger partial charge in [0, 0.05) is 66.1 Å². The zero-order valence-electron chi connectivity index (χ0n) is 48.7. The maximum atomic E-state index is 6.06. The molecule has 0 bridgehead atoms. The molecule has 0 spiro atoms. The standard InChI is InChI=1S/C23H18NO.2C19H16NO.C15H14NO/c1-23(2)18-8-5-9-19-20(18)22-21(23)17-11-15-7-4-3-6-14(15)10-16(17)12-24(22)13-25-19;2*1-19(2)14-8-5-9-15-16(14)18-17(19)13-7-4-3-6-12(13)10-20(18)11-21-15;1-15(2)10-5-3-7-12-13(10)14-11(15)6-4-8-16(14)9-17-12/h3-12H,13H2,1-2H3;2*3-10H,11H2,1-2H3;3-8H,9H2,1-2H3/q4*+1. The first-order chi connectivity index (χ1) is 40.7. The Morgan fingerprint density at radius 3 is 1.08 bits per heavy atom. The maximum absolute atomic E-state index is 6.06. The zero-order valence-corrected chi connectivity index (χ0v) is 48.7. The first kappa shape index (κ1) is 49.2. The van der Waals surface area contributed by atoms with Gasteiger partial charge >= 0.3 is 0 Å². The largest absolute Gasteiger partial charge is 0.435 e. The number of nitrogens with zero attached hydrogens (tertiary/aromatic N) is 4. The lowest BCUT2D eigenvalue weighted by atomic mass is 9.80. The van der Waals surface area contributed by atoms with Crippen LogP contribution in [0.5, 0.6) is 23.0 Å². The van der Waals surface area contributed by atoms with E-state index in [1.165, 1.54) is 133 Å². The van der Waals surface area contributed by atoms with Gasteiger partial charge in [0.15, 0.2) is 24.8 Å². The number of ether oxygens (including phenoxy) is 4. The first-order valence-corrected chi connectivity index (χ1v) is 29.6. The Kier molecular flexibility index (Phi) is 10.0. The van der Waals surface area contributed by atoms with E-state index < -0.39 is 0 Å². The Bertz CT molecular complexity index is 4720. The van der Waals surface area contributed by atoms with Gasteiger partial charge in [0.25, 0.3) is 26.9 Å². The molecule has 20 rings (SSSR count). The molecular formula is C76H64N4O4+4. The molecule has 0 radical (unpaired) electrons. The van der Waals surface area contributed by atoms with E-state index in [9.17, 15) is 0 Å². The third-order valence-corrected chi connectivity index (χ3v) is 19.9. The van der Waals surface area contributed by atoms with Gasteiger partial charge in [-0.2, -0.15) is 18.3 Å². The minimum Gasteiger partial charge on any atom is -0.435 e. The molecule has 4 aromatic heterocycles. The van der Waals surface area contributed by atoms with Crippen molar-refractivity contribution >= 4 is 43.1 Å². The van der Waals surface area contributed by atoms with E-state index in [0.29, 0.717) is 26.9 Å². The third kappa shape index (κ3) is 6.59. The van der Waals surface area contributed by atoms with Crippen molar-refractivity contribution in [3.63, 3.8) is 0 Å². The summed E-state index contributed by atoms with van der Waals surface area (Å²) in [5.41, 5.74) is 21.8. The van der Waals surface area contributed by atoms with E-state index in [4.69, 9.17) is 18.9 Å². The maximum Gasteiger partial charge on any atom is 0.292 e. The summed E-state index contributed by atoms with van der Waals surface area (Å²) in [5.74, 6) is 4.09. The Morgan fingerprint density at radius 2 is 0.631 bits per heavy atom. The lowest BCUT2D eigenvalue weighted by Crippen LogP contribution is -2.41. The van der Waals surface area contributed by atoms with Crippen molar-refractivity contribution in [2.24, 2.45) is 0 Å². The van der Waals surface area contributed by atoms with E-state index >= 15 is 0 Å². The Hall–Kier alpha value is -9.40. The van der Waals surface area contributed by atoms with Crippen LogP contribution in [0.3, 0.4) is 0 Å². The van der Waals surface area contributed by atoms with Gasteiger partial charge in [-0.1, -0.05) is 165 Å². The molecule has 408 valence electrons. The molecule has 0 saturated heterocycles. The second kappa shape index (κ2) is 17.1. The Labute approximate surface area is 489 Å². The summed E-state index contributed by atoms with van der Waals surface area (Å²) in [6.07, 6.45) is 8.78. The van der Waals surface area contributed by atoms with E-state index in [2.05, 4.69) is 268 Å². The highest BCUT2D eigenvalue weighted by Crippen LogP contribution is 2.57. The van der Waals surface area contributed by atoms with E-state index in [1.54, 1.807) is 0 Å². The average molecular weight is 1100 g/mol. The van der Waals surface area contributed by atoms with Crippen LogP contribution in [0.15, 0.2) is 195 Å². The fourth-order valence-corrected chi connectivity index (χ4v) is 16.0. The smallest absolute Gasteiger partial charge is 0.292 e. The van der Waals surface area contributed by atoms with Crippen molar-refractivity contribution in [3.8, 4) is 68.0 Å². The van der Waals surface area contributed by atoms with Crippen molar-refractivity contribution < 1.29 is 37.2 Å². The van der Waals surface area contributed by atoms with Crippen molar-refractivity contribution in [1.82, 2.24) is 0 Å². The summed E-state index contributed by atoms with van der Waals surface area (Å²) in [7, 11) is 0. The van der Waals surface area contributed by atoms with Gasteiger partial charge in [-0.05, 0) is 104 Å². The Balaban J connectivity index is 0.0000000889. The van der Waals surface area contributed by atoms with Crippen LogP contribution in [0.1, 0.15) is 99.9 Å². The van der Waals surface area contributed by atoms with Gasteiger partial charge in [-0.3, -0.25) is 0 Å². The van der Waals surface area contributed by atoms with Crippen molar-refractivity contribution in [1.29, 1.82) is 0 Å². The van der Waals surface area contributed by atoms with Crippen LogP contribution < -0.4 is 37.2 Å². The van der Waals surface area contributed by atoms with Crippen LogP contribution in [-0.2, 0) is 48.6 Å². The van der Waals surface area contributed by atoms with Crippen LogP contribution >= 0.6 is 0 Å². The molecule has 0 atom stereocenters. The van der Waals surface area contributed by atoms with Crippen LogP contribution in [0.25, 0.3) is 88.1 Å². The monoisotopic (exact) mass is 1100 g/mol. The molecule has 8 nitrogen and oxygen atoms in total. The molecule has 0 N–H and O–H groups in total. The second-order valence-electron chi connectivity index (χ2n) is 26.0. The van der Waals surface area contributed by atoms with Crippen LogP contribution in [-0.4, -0.2) is 0 Å². The minimum absolute atomic E-state index is 0.0109. The third-order valence-electron chi connectivity index (χ3n) is 19.9. The number of fused-ring (bicyclic) bond motifs is 7. The molecule has 8 heteroatoms. The molecule has 8 heterocycles. The SMILES string of the molecule is CC1(C)c2cccc3c2-c2c1c1cc4ccccc4cc1c[n+]2CO3.CC1(C)c2cccc3c2-c2c1c1ccccc1c[n+]2CO3.CC1(C)c2cccc3c2-c2c1c1ccccc1c[n+]2CO3.CC1(C)c2cccc3c2-c2c1ccc[n+]2CO3. The second-order valence-corrected chi connectivity index (χ2v) is 26.0. The number of rotatable bonds is 0. The minimum atomic E-state index is -0.0297. The highest BCUT2D eigenvalue weighted by atomic mass is 16.5. The molecule has 4 aliphatic carbocycles. The highest BCUT2D eigenvalue weighted by Gasteiger charge is 2.50. The van der Waals surface area contributed by atoms with Gasteiger partial charge in [0.2, 0.25) is 22.8 Å². The summed E-state index contributed by atoms with van der Waals surface area (Å²) in [5, 5.41) is 10.5. The molecule has 0 unspecified atom stereocenters. The molecule has 84 heavy (non-hydrogen) atoms. The summed E-state index contributed by atoms with van der Waals surface area (Å²) >= 11 is 0. The molecule has 12 aromatic rings. The van der Waals surface area contributed by atoms with E-state index in [1.807, 2.05) is 0 Å². The lowest BCUT2D eigenvalue weighted by molar-refractivity contribution is -0.717. The topological polar surface area (TPSA) is 52.4 Å².